The first kappa shape index (κ1) is 12.2. The number of benzene rings is 2. The summed E-state index contributed by atoms with van der Waals surface area (Å²) >= 11 is 0. The minimum Gasteiger partial charge on any atom is -0.380 e. The first-order valence-electron chi connectivity index (χ1n) is 5.99. The van der Waals surface area contributed by atoms with Gasteiger partial charge in [0.25, 0.3) is 0 Å². The molecule has 90 valence electrons. The average Bonchev–Trinajstić information content (AvgIpc) is 2.35. The van der Waals surface area contributed by atoms with Gasteiger partial charge in [-0.3, -0.25) is 0 Å². The van der Waals surface area contributed by atoms with Crippen molar-refractivity contribution in [3.05, 3.63) is 64.7 Å². The molecule has 0 heterocycles. The Labute approximate surface area is 108 Å². The molecule has 0 aromatic heterocycles. The average molecular weight is 236 g/mol. The standard InChI is InChI=1S/C16H16N2/c1-12-7-13(2)9-14(8-12)11-18-16-6-4-3-5-15(16)10-17/h3-9,18H,11H2,1-2H3. The number of aryl methyl sites for hydroxylation is 2. The second kappa shape index (κ2) is 5.37. The summed E-state index contributed by atoms with van der Waals surface area (Å²) in [4.78, 5) is 0. The fourth-order valence-electron chi connectivity index (χ4n) is 2.10. The predicted octanol–water partition coefficient (Wildman–Crippen LogP) is 3.79. The summed E-state index contributed by atoms with van der Waals surface area (Å²) < 4.78 is 0. The zero-order valence-electron chi connectivity index (χ0n) is 10.7. The lowest BCUT2D eigenvalue weighted by atomic mass is 10.1. The highest BCUT2D eigenvalue weighted by Gasteiger charge is 2.01. The number of para-hydroxylation sites is 1. The number of nitrogens with zero attached hydrogens (tertiary/aromatic N) is 1. The van der Waals surface area contributed by atoms with Gasteiger partial charge in [0.1, 0.15) is 6.07 Å². The Kier molecular flexibility index (Phi) is 3.64. The summed E-state index contributed by atoms with van der Waals surface area (Å²) in [5.74, 6) is 0. The van der Waals surface area contributed by atoms with Crippen LogP contribution in [-0.4, -0.2) is 0 Å². The fraction of sp³-hybridized carbons (Fsp3) is 0.188. The van der Waals surface area contributed by atoms with Crippen molar-refractivity contribution in [2.24, 2.45) is 0 Å². The lowest BCUT2D eigenvalue weighted by molar-refractivity contribution is 1.13. The predicted molar refractivity (Wildman–Crippen MR) is 74.4 cm³/mol. The van der Waals surface area contributed by atoms with Crippen molar-refractivity contribution in [2.45, 2.75) is 20.4 Å². The van der Waals surface area contributed by atoms with E-state index in [1.165, 1.54) is 16.7 Å². The van der Waals surface area contributed by atoms with Crippen LogP contribution >= 0.6 is 0 Å². The second-order valence-electron chi connectivity index (χ2n) is 4.51. The first-order chi connectivity index (χ1) is 8.69. The topological polar surface area (TPSA) is 35.8 Å². The highest BCUT2D eigenvalue weighted by atomic mass is 14.9. The molecule has 0 radical (unpaired) electrons. The van der Waals surface area contributed by atoms with Crippen LogP contribution in [0.15, 0.2) is 42.5 Å². The summed E-state index contributed by atoms with van der Waals surface area (Å²) in [7, 11) is 0. The van der Waals surface area contributed by atoms with Gasteiger partial charge < -0.3 is 5.32 Å². The van der Waals surface area contributed by atoms with Gasteiger partial charge in [-0.05, 0) is 31.5 Å². The van der Waals surface area contributed by atoms with E-state index in [1.54, 1.807) is 0 Å². The molecule has 0 aliphatic carbocycles. The van der Waals surface area contributed by atoms with Crippen molar-refractivity contribution in [2.75, 3.05) is 5.32 Å². The van der Waals surface area contributed by atoms with Crippen LogP contribution in [0.3, 0.4) is 0 Å². The maximum Gasteiger partial charge on any atom is 0.101 e. The van der Waals surface area contributed by atoms with E-state index in [1.807, 2.05) is 24.3 Å². The number of nitriles is 1. The molecule has 2 heteroatoms. The van der Waals surface area contributed by atoms with E-state index in [0.29, 0.717) is 5.56 Å². The molecule has 18 heavy (non-hydrogen) atoms. The van der Waals surface area contributed by atoms with Gasteiger partial charge in [-0.25, -0.2) is 0 Å². The largest absolute Gasteiger partial charge is 0.380 e. The number of hydrogen-bond acceptors (Lipinski definition) is 2. The highest BCUT2D eigenvalue weighted by molar-refractivity contribution is 5.57. The van der Waals surface area contributed by atoms with Gasteiger partial charge in [-0.2, -0.15) is 5.26 Å². The van der Waals surface area contributed by atoms with E-state index in [4.69, 9.17) is 5.26 Å². The molecule has 1 N–H and O–H groups in total. The van der Waals surface area contributed by atoms with Crippen LogP contribution < -0.4 is 5.32 Å². The number of anilines is 1. The Morgan fingerprint density at radius 2 is 1.72 bits per heavy atom. The maximum absolute atomic E-state index is 9.01. The summed E-state index contributed by atoms with van der Waals surface area (Å²) in [5.41, 5.74) is 5.34. The number of nitrogens with one attached hydrogen (secondary N) is 1. The van der Waals surface area contributed by atoms with Gasteiger partial charge in [-0.15, -0.1) is 0 Å². The van der Waals surface area contributed by atoms with Crippen molar-refractivity contribution >= 4 is 5.69 Å². The summed E-state index contributed by atoms with van der Waals surface area (Å²) in [6.07, 6.45) is 0. The highest BCUT2D eigenvalue weighted by Crippen LogP contribution is 2.16. The molecule has 0 spiro atoms. The molecule has 0 aliphatic rings. The maximum atomic E-state index is 9.01. The van der Waals surface area contributed by atoms with Gasteiger partial charge in [0.05, 0.1) is 11.3 Å². The number of hydrogen-bond donors (Lipinski definition) is 1. The van der Waals surface area contributed by atoms with Crippen molar-refractivity contribution in [1.29, 1.82) is 5.26 Å². The molecule has 0 saturated heterocycles. The molecular formula is C16H16N2. The number of rotatable bonds is 3. The van der Waals surface area contributed by atoms with Crippen LogP contribution in [0.4, 0.5) is 5.69 Å². The minimum absolute atomic E-state index is 0.682. The molecule has 0 amide bonds. The van der Waals surface area contributed by atoms with E-state index < -0.39 is 0 Å². The lowest BCUT2D eigenvalue weighted by Crippen LogP contribution is -2.01. The SMILES string of the molecule is Cc1cc(C)cc(CNc2ccccc2C#N)c1. The zero-order valence-corrected chi connectivity index (χ0v) is 10.7. The molecule has 0 unspecified atom stereocenters. The van der Waals surface area contributed by atoms with Crippen molar-refractivity contribution in [3.8, 4) is 6.07 Å². The third-order valence-corrected chi connectivity index (χ3v) is 2.81. The third kappa shape index (κ3) is 2.89. The Morgan fingerprint density at radius 1 is 1.06 bits per heavy atom. The van der Waals surface area contributed by atoms with Gasteiger partial charge in [0.2, 0.25) is 0 Å². The summed E-state index contributed by atoms with van der Waals surface area (Å²) in [6.45, 7) is 4.93. The van der Waals surface area contributed by atoms with Gasteiger partial charge in [0, 0.05) is 6.54 Å². The van der Waals surface area contributed by atoms with Gasteiger partial charge in [-0.1, -0.05) is 41.5 Å². The molecule has 0 fully saturated rings. The van der Waals surface area contributed by atoms with Gasteiger partial charge >= 0.3 is 0 Å². The smallest absolute Gasteiger partial charge is 0.101 e. The van der Waals surface area contributed by atoms with Crippen LogP contribution in [-0.2, 0) is 6.54 Å². The van der Waals surface area contributed by atoms with E-state index in [9.17, 15) is 0 Å². The lowest BCUT2D eigenvalue weighted by Gasteiger charge is -2.09. The molecule has 2 rings (SSSR count). The Bertz CT molecular complexity index is 574. The Hall–Kier alpha value is -2.27. The van der Waals surface area contributed by atoms with Crippen molar-refractivity contribution < 1.29 is 0 Å². The van der Waals surface area contributed by atoms with Crippen LogP contribution in [0.2, 0.25) is 0 Å². The Morgan fingerprint density at radius 3 is 2.39 bits per heavy atom. The molecule has 2 aromatic rings. The molecule has 0 bridgehead atoms. The summed E-state index contributed by atoms with van der Waals surface area (Å²) in [5, 5.41) is 12.3. The third-order valence-electron chi connectivity index (χ3n) is 2.81. The molecule has 2 nitrogen and oxygen atoms in total. The van der Waals surface area contributed by atoms with E-state index >= 15 is 0 Å². The van der Waals surface area contributed by atoms with Crippen LogP contribution in [0.1, 0.15) is 22.3 Å². The molecular weight excluding hydrogens is 220 g/mol. The first-order valence-corrected chi connectivity index (χ1v) is 5.99. The van der Waals surface area contributed by atoms with Gasteiger partial charge in [0.15, 0.2) is 0 Å². The monoisotopic (exact) mass is 236 g/mol. The summed E-state index contributed by atoms with van der Waals surface area (Å²) in [6, 6.07) is 16.2. The minimum atomic E-state index is 0.682. The van der Waals surface area contributed by atoms with Crippen molar-refractivity contribution in [1.82, 2.24) is 0 Å². The van der Waals surface area contributed by atoms with Crippen LogP contribution in [0.5, 0.6) is 0 Å². The van der Waals surface area contributed by atoms with E-state index in [2.05, 4.69) is 43.4 Å². The molecule has 0 saturated carbocycles. The molecule has 2 aromatic carbocycles. The van der Waals surface area contributed by atoms with E-state index in [0.717, 1.165) is 12.2 Å². The second-order valence-corrected chi connectivity index (χ2v) is 4.51. The van der Waals surface area contributed by atoms with E-state index in [-0.39, 0.29) is 0 Å². The van der Waals surface area contributed by atoms with Crippen LogP contribution in [0.25, 0.3) is 0 Å². The molecule has 0 aliphatic heterocycles. The van der Waals surface area contributed by atoms with Crippen LogP contribution in [0, 0.1) is 25.2 Å². The Balaban J connectivity index is 2.14. The molecule has 0 atom stereocenters. The van der Waals surface area contributed by atoms with Crippen molar-refractivity contribution in [3.63, 3.8) is 0 Å². The quantitative estimate of drug-likeness (QED) is 0.880. The normalized spacial score (nSPS) is 9.83. The zero-order chi connectivity index (χ0) is 13.0. The fourth-order valence-corrected chi connectivity index (χ4v) is 2.10.